The molecule has 0 amide bonds. The van der Waals surface area contributed by atoms with Crippen LogP contribution in [0.15, 0.2) is 109 Å². The van der Waals surface area contributed by atoms with Gasteiger partial charge in [-0.05, 0) is 47.0 Å². The second-order valence-electron chi connectivity index (χ2n) is 10.5. The molecule has 2 atom stereocenters. The number of fused-ring (bicyclic) bond motifs is 1. The van der Waals surface area contributed by atoms with Crippen molar-refractivity contribution in [3.63, 3.8) is 0 Å². The summed E-state index contributed by atoms with van der Waals surface area (Å²) in [4.78, 5) is 19.6. The molecule has 3 aromatic carbocycles. The molecule has 0 aliphatic carbocycles. The van der Waals surface area contributed by atoms with E-state index in [1.807, 2.05) is 102 Å². The lowest BCUT2D eigenvalue weighted by molar-refractivity contribution is -0.0668. The molecule has 0 saturated heterocycles. The van der Waals surface area contributed by atoms with Gasteiger partial charge in [0.05, 0.1) is 33.5 Å². The first kappa shape index (κ1) is 29.0. The quantitative estimate of drug-likeness (QED) is 0.0858. The number of nitrogens with zero attached hydrogens (tertiary/aromatic N) is 6. The lowest BCUT2D eigenvalue weighted by Crippen LogP contribution is -2.35. The third-order valence-electron chi connectivity index (χ3n) is 7.47. The largest absolute Gasteiger partial charge is 0.497 e. The smallest absolute Gasteiger partial charge is 0.184 e. The van der Waals surface area contributed by atoms with Crippen LogP contribution in [0.2, 0.25) is 0 Å². The van der Waals surface area contributed by atoms with Crippen LogP contribution in [-0.2, 0) is 15.1 Å². The second-order valence-corrected chi connectivity index (χ2v) is 10.5. The van der Waals surface area contributed by atoms with Crippen LogP contribution in [0.3, 0.4) is 0 Å². The average Bonchev–Trinajstić information content (AvgIpc) is 3.72. The SMILES string of the molecule is COc1ccc(C(OC[C@@H]2C=C[C@H](n3cnc4c(N=CN(C)C)ncnc43)O2)(c2ccccc2)c2ccc(OC)cc2)cc1. The van der Waals surface area contributed by atoms with Gasteiger partial charge in [-0.1, -0.05) is 60.7 Å². The van der Waals surface area contributed by atoms with Crippen LogP contribution in [0.4, 0.5) is 5.82 Å². The molecule has 0 saturated carbocycles. The minimum absolute atomic E-state index is 0.278. The van der Waals surface area contributed by atoms with Gasteiger partial charge in [0.2, 0.25) is 0 Å². The highest BCUT2D eigenvalue weighted by Crippen LogP contribution is 2.42. The minimum atomic E-state index is -0.941. The van der Waals surface area contributed by atoms with E-state index in [2.05, 4.69) is 32.1 Å². The number of hydrogen-bond donors (Lipinski definition) is 0. The summed E-state index contributed by atoms with van der Waals surface area (Å²) in [5.41, 5.74) is 3.19. The van der Waals surface area contributed by atoms with E-state index in [0.717, 1.165) is 28.2 Å². The number of ether oxygens (including phenoxy) is 4. The standard InChI is InChI=1S/C34H34N6O4/c1-39(2)22-38-32-31-33(36-21-35-32)40(23-37-31)30-19-18-29(44-30)20-43-34(24-8-6-5-7-9-24,25-10-14-27(41-3)15-11-25)26-12-16-28(42-4)17-13-26/h5-19,21-23,29-30H,20H2,1-4H3/t29-,30+/m0/s1. The summed E-state index contributed by atoms with van der Waals surface area (Å²) in [7, 11) is 7.12. The molecule has 3 heterocycles. The van der Waals surface area contributed by atoms with Crippen LogP contribution >= 0.6 is 0 Å². The maximum absolute atomic E-state index is 7.01. The van der Waals surface area contributed by atoms with Crippen molar-refractivity contribution in [3.05, 3.63) is 120 Å². The Morgan fingerprint density at radius 3 is 2.09 bits per heavy atom. The van der Waals surface area contributed by atoms with E-state index in [1.54, 1.807) is 26.9 Å². The first-order valence-electron chi connectivity index (χ1n) is 14.2. The van der Waals surface area contributed by atoms with Gasteiger partial charge in [0.1, 0.15) is 29.5 Å². The molecule has 6 rings (SSSR count). The normalized spacial score (nSPS) is 16.5. The minimum Gasteiger partial charge on any atom is -0.497 e. The zero-order valence-electron chi connectivity index (χ0n) is 25.1. The molecule has 10 heteroatoms. The van der Waals surface area contributed by atoms with Crippen LogP contribution < -0.4 is 9.47 Å². The molecule has 0 spiro atoms. The molecule has 0 fully saturated rings. The lowest BCUT2D eigenvalue weighted by atomic mass is 9.80. The Hall–Kier alpha value is -5.06. The molecule has 1 aliphatic heterocycles. The van der Waals surface area contributed by atoms with Gasteiger partial charge in [0.25, 0.3) is 0 Å². The molecule has 2 aromatic heterocycles. The summed E-state index contributed by atoms with van der Waals surface area (Å²) in [6.45, 7) is 0.278. The summed E-state index contributed by atoms with van der Waals surface area (Å²) in [6, 6.07) is 26.2. The van der Waals surface area contributed by atoms with Crippen LogP contribution in [0.5, 0.6) is 11.5 Å². The van der Waals surface area contributed by atoms with Gasteiger partial charge in [-0.25, -0.2) is 19.9 Å². The number of hydrogen-bond acceptors (Lipinski definition) is 8. The zero-order chi connectivity index (χ0) is 30.5. The third-order valence-corrected chi connectivity index (χ3v) is 7.47. The summed E-state index contributed by atoms with van der Waals surface area (Å²) in [5, 5.41) is 0. The fourth-order valence-electron chi connectivity index (χ4n) is 5.31. The molecule has 0 bridgehead atoms. The summed E-state index contributed by atoms with van der Waals surface area (Å²) >= 11 is 0. The fraction of sp³-hybridized carbons (Fsp3) is 0.235. The van der Waals surface area contributed by atoms with Crippen molar-refractivity contribution >= 4 is 23.3 Å². The van der Waals surface area contributed by atoms with Gasteiger partial charge in [-0.2, -0.15) is 0 Å². The molecule has 224 valence electrons. The number of methoxy groups -OCH3 is 2. The summed E-state index contributed by atoms with van der Waals surface area (Å²) in [6.07, 6.45) is 8.14. The van der Waals surface area contributed by atoms with Crippen LogP contribution in [0, 0.1) is 0 Å². The molecule has 1 aliphatic rings. The Morgan fingerprint density at radius 1 is 0.841 bits per heavy atom. The van der Waals surface area contributed by atoms with Gasteiger partial charge >= 0.3 is 0 Å². The molecular weight excluding hydrogens is 556 g/mol. The van der Waals surface area contributed by atoms with Crippen molar-refractivity contribution in [2.75, 3.05) is 34.9 Å². The monoisotopic (exact) mass is 590 g/mol. The maximum atomic E-state index is 7.01. The summed E-state index contributed by atoms with van der Waals surface area (Å²) in [5.74, 6) is 2.03. The van der Waals surface area contributed by atoms with Crippen molar-refractivity contribution in [3.8, 4) is 11.5 Å². The summed E-state index contributed by atoms with van der Waals surface area (Å²) < 4.78 is 26.3. The zero-order valence-corrected chi connectivity index (χ0v) is 25.1. The number of aliphatic imine (C=N–C) groups is 1. The Balaban J connectivity index is 1.31. The first-order chi connectivity index (χ1) is 21.5. The van der Waals surface area contributed by atoms with Gasteiger partial charge < -0.3 is 23.8 Å². The molecule has 0 radical (unpaired) electrons. The van der Waals surface area contributed by atoms with E-state index >= 15 is 0 Å². The molecule has 5 aromatic rings. The Labute approximate surface area is 256 Å². The lowest BCUT2D eigenvalue weighted by Gasteiger charge is -2.36. The first-order valence-corrected chi connectivity index (χ1v) is 14.2. The molecule has 10 nitrogen and oxygen atoms in total. The number of imidazole rings is 1. The highest BCUT2D eigenvalue weighted by molar-refractivity contribution is 5.83. The van der Waals surface area contributed by atoms with Crippen molar-refractivity contribution in [1.82, 2.24) is 24.4 Å². The van der Waals surface area contributed by atoms with Crippen molar-refractivity contribution in [2.45, 2.75) is 17.9 Å². The van der Waals surface area contributed by atoms with Gasteiger partial charge in [-0.3, -0.25) is 4.57 Å². The van der Waals surface area contributed by atoms with Crippen molar-refractivity contribution < 1.29 is 18.9 Å². The van der Waals surface area contributed by atoms with Crippen LogP contribution in [0.1, 0.15) is 22.9 Å². The number of aromatic nitrogens is 4. The Kier molecular flexibility index (Phi) is 8.36. The van der Waals surface area contributed by atoms with E-state index < -0.39 is 11.8 Å². The van der Waals surface area contributed by atoms with E-state index in [4.69, 9.17) is 18.9 Å². The second kappa shape index (κ2) is 12.7. The van der Waals surface area contributed by atoms with Gasteiger partial charge in [0.15, 0.2) is 23.2 Å². The van der Waals surface area contributed by atoms with Crippen molar-refractivity contribution in [2.24, 2.45) is 4.99 Å². The molecule has 0 unspecified atom stereocenters. The van der Waals surface area contributed by atoms with Gasteiger partial charge in [0, 0.05) is 14.1 Å². The van der Waals surface area contributed by atoms with E-state index in [9.17, 15) is 0 Å². The van der Waals surface area contributed by atoms with E-state index in [0.29, 0.717) is 17.0 Å². The fourth-order valence-corrected chi connectivity index (χ4v) is 5.31. The molecular formula is C34H34N6O4. The van der Waals surface area contributed by atoms with Crippen LogP contribution in [-0.4, -0.2) is 71.8 Å². The van der Waals surface area contributed by atoms with E-state index in [-0.39, 0.29) is 12.7 Å². The molecule has 44 heavy (non-hydrogen) atoms. The highest BCUT2D eigenvalue weighted by atomic mass is 16.6. The average molecular weight is 591 g/mol. The van der Waals surface area contributed by atoms with Gasteiger partial charge in [-0.15, -0.1) is 0 Å². The van der Waals surface area contributed by atoms with Crippen LogP contribution in [0.25, 0.3) is 11.2 Å². The number of rotatable bonds is 11. The topological polar surface area (TPSA) is 96.1 Å². The maximum Gasteiger partial charge on any atom is 0.184 e. The van der Waals surface area contributed by atoms with E-state index in [1.165, 1.54) is 6.33 Å². The Bertz CT molecular complexity index is 1700. The predicted octanol–water partition coefficient (Wildman–Crippen LogP) is 5.53. The predicted molar refractivity (Wildman–Crippen MR) is 168 cm³/mol. The Morgan fingerprint density at radius 2 is 1.48 bits per heavy atom. The molecule has 0 N–H and O–H groups in total. The third kappa shape index (κ3) is 5.64. The number of benzene rings is 3. The van der Waals surface area contributed by atoms with Crippen molar-refractivity contribution in [1.29, 1.82) is 0 Å². The highest BCUT2D eigenvalue weighted by Gasteiger charge is 2.39.